The van der Waals surface area contributed by atoms with Gasteiger partial charge < -0.3 is 29.3 Å². The third-order valence-electron chi connectivity index (χ3n) is 7.83. The Labute approximate surface area is 217 Å². The first-order valence-corrected chi connectivity index (χ1v) is 13.1. The Bertz CT molecular complexity index is 1120. The molecule has 37 heavy (non-hydrogen) atoms. The molecule has 9 nitrogen and oxygen atoms in total. The van der Waals surface area contributed by atoms with Gasteiger partial charge in [-0.25, -0.2) is 0 Å². The topological polar surface area (TPSA) is 99.6 Å². The SMILES string of the molecule is CCOc1ccc(N2CC=C[C@H]3O[C@]45C=CCN(C(C)C)C(=O)C4N(CCCO)C(=O)[C@@H]5[C@H]3C2=O)cc1. The number of amides is 3. The lowest BCUT2D eigenvalue weighted by atomic mass is 9.77. The fourth-order valence-electron chi connectivity index (χ4n) is 6.22. The van der Waals surface area contributed by atoms with Gasteiger partial charge in [-0.2, -0.15) is 0 Å². The quantitative estimate of drug-likeness (QED) is 0.563. The van der Waals surface area contributed by atoms with Gasteiger partial charge in [0.25, 0.3) is 0 Å². The largest absolute Gasteiger partial charge is 0.494 e. The maximum Gasteiger partial charge on any atom is 0.249 e. The molecule has 5 rings (SSSR count). The average Bonchev–Trinajstić information content (AvgIpc) is 3.18. The van der Waals surface area contributed by atoms with E-state index in [1.165, 1.54) is 4.90 Å². The summed E-state index contributed by atoms with van der Waals surface area (Å²) in [7, 11) is 0. The zero-order valence-electron chi connectivity index (χ0n) is 21.6. The number of carbonyl (C=O) groups is 3. The molecule has 0 radical (unpaired) electrons. The van der Waals surface area contributed by atoms with Crippen LogP contribution in [0.15, 0.2) is 48.6 Å². The minimum atomic E-state index is -1.25. The first-order chi connectivity index (χ1) is 17.8. The van der Waals surface area contributed by atoms with Crippen LogP contribution in [0.25, 0.3) is 0 Å². The Hall–Kier alpha value is -3.17. The van der Waals surface area contributed by atoms with Gasteiger partial charge in [0.15, 0.2) is 0 Å². The summed E-state index contributed by atoms with van der Waals surface area (Å²) < 4.78 is 12.2. The van der Waals surface area contributed by atoms with Crippen LogP contribution in [-0.2, 0) is 19.1 Å². The van der Waals surface area contributed by atoms with Crippen molar-refractivity contribution >= 4 is 23.4 Å². The van der Waals surface area contributed by atoms with Crippen LogP contribution >= 0.6 is 0 Å². The number of aliphatic hydroxyl groups excluding tert-OH is 1. The first-order valence-electron chi connectivity index (χ1n) is 13.1. The monoisotopic (exact) mass is 509 g/mol. The minimum absolute atomic E-state index is 0.0651. The van der Waals surface area contributed by atoms with E-state index >= 15 is 0 Å². The molecule has 3 amide bonds. The summed E-state index contributed by atoms with van der Waals surface area (Å²) in [6, 6.07) is 6.38. The highest BCUT2D eigenvalue weighted by Gasteiger charge is 2.71. The van der Waals surface area contributed by atoms with Crippen LogP contribution in [0.4, 0.5) is 5.69 Å². The van der Waals surface area contributed by atoms with Gasteiger partial charge in [-0.05, 0) is 51.5 Å². The maximum absolute atomic E-state index is 14.1. The lowest BCUT2D eigenvalue weighted by Gasteiger charge is -2.36. The smallest absolute Gasteiger partial charge is 0.249 e. The fraction of sp³-hybridized carbons (Fsp3) is 0.536. The molecule has 2 saturated heterocycles. The molecule has 2 fully saturated rings. The second-order valence-corrected chi connectivity index (χ2v) is 10.2. The Balaban J connectivity index is 1.54. The van der Waals surface area contributed by atoms with Crippen molar-refractivity contribution in [3.63, 3.8) is 0 Å². The van der Waals surface area contributed by atoms with E-state index in [4.69, 9.17) is 9.47 Å². The highest BCUT2D eigenvalue weighted by molar-refractivity contribution is 6.03. The van der Waals surface area contributed by atoms with Gasteiger partial charge in [-0.1, -0.05) is 24.3 Å². The van der Waals surface area contributed by atoms with Crippen LogP contribution in [0.3, 0.4) is 0 Å². The summed E-state index contributed by atoms with van der Waals surface area (Å²) in [6.07, 6.45) is 7.19. The lowest BCUT2D eigenvalue weighted by Crippen LogP contribution is -2.56. The van der Waals surface area contributed by atoms with Crippen LogP contribution in [0.5, 0.6) is 5.75 Å². The van der Waals surface area contributed by atoms with E-state index in [2.05, 4.69) is 0 Å². The van der Waals surface area contributed by atoms with Crippen LogP contribution in [0.2, 0.25) is 0 Å². The summed E-state index contributed by atoms with van der Waals surface area (Å²) in [5, 5.41) is 9.50. The summed E-state index contributed by atoms with van der Waals surface area (Å²) in [5.41, 5.74) is -0.540. The summed E-state index contributed by atoms with van der Waals surface area (Å²) in [4.78, 5) is 46.9. The zero-order chi connectivity index (χ0) is 26.3. The highest BCUT2D eigenvalue weighted by atomic mass is 16.5. The van der Waals surface area contributed by atoms with Gasteiger partial charge in [0.05, 0.1) is 24.5 Å². The third-order valence-corrected chi connectivity index (χ3v) is 7.83. The maximum atomic E-state index is 14.1. The second-order valence-electron chi connectivity index (χ2n) is 10.2. The van der Waals surface area contributed by atoms with E-state index in [0.29, 0.717) is 31.8 Å². The molecule has 1 aromatic rings. The van der Waals surface area contributed by atoms with Crippen molar-refractivity contribution in [3.8, 4) is 5.75 Å². The van der Waals surface area contributed by atoms with Crippen LogP contribution in [0.1, 0.15) is 27.2 Å². The van der Waals surface area contributed by atoms with E-state index in [9.17, 15) is 19.5 Å². The number of aliphatic hydroxyl groups is 1. The Kier molecular flexibility index (Phi) is 6.85. The van der Waals surface area contributed by atoms with E-state index in [1.54, 1.807) is 9.80 Å². The summed E-state index contributed by atoms with van der Waals surface area (Å²) in [6.45, 7) is 7.22. The number of ether oxygens (including phenoxy) is 2. The Morgan fingerprint density at radius 2 is 1.84 bits per heavy atom. The van der Waals surface area contributed by atoms with Gasteiger partial charge in [-0.15, -0.1) is 0 Å². The molecule has 1 spiro atoms. The molecule has 4 aliphatic heterocycles. The minimum Gasteiger partial charge on any atom is -0.494 e. The second kappa shape index (κ2) is 9.95. The van der Waals surface area contributed by atoms with Gasteiger partial charge in [0.1, 0.15) is 17.4 Å². The molecule has 9 heteroatoms. The summed E-state index contributed by atoms with van der Waals surface area (Å²) >= 11 is 0. The fourth-order valence-corrected chi connectivity index (χ4v) is 6.22. The molecular weight excluding hydrogens is 474 g/mol. The molecule has 1 N–H and O–H groups in total. The molecule has 0 saturated carbocycles. The molecule has 4 aliphatic rings. The van der Waals surface area contributed by atoms with E-state index in [-0.39, 0.29) is 36.9 Å². The normalized spacial score (nSPS) is 30.9. The van der Waals surface area contributed by atoms with Crippen molar-refractivity contribution < 1.29 is 29.0 Å². The standard InChI is InChI=1S/C28H35N3O6/c1-4-36-20-11-9-19(10-12-20)30-14-5-8-21-22(25(30)33)23-26(34)31(16-7-17-32)24-27(35)29(18(2)3)15-6-13-28(23,24)37-21/h5-6,8-13,18,21-24,32H,4,7,14-17H2,1-3H3/t21-,22+,23+,24?,28+/m1/s1. The molecule has 1 aromatic carbocycles. The number of carbonyl (C=O) groups excluding carboxylic acids is 3. The number of anilines is 1. The van der Waals surface area contributed by atoms with Gasteiger partial charge in [-0.3, -0.25) is 14.4 Å². The van der Waals surface area contributed by atoms with Crippen molar-refractivity contribution in [2.45, 2.75) is 51.0 Å². The third kappa shape index (κ3) is 4.05. The molecule has 198 valence electrons. The number of hydrogen-bond donors (Lipinski definition) is 1. The number of nitrogens with zero attached hydrogens (tertiary/aromatic N) is 3. The Morgan fingerprint density at radius 1 is 1.08 bits per heavy atom. The molecule has 4 heterocycles. The first kappa shape index (κ1) is 25.5. The lowest BCUT2D eigenvalue weighted by molar-refractivity contribution is -0.148. The average molecular weight is 510 g/mol. The van der Waals surface area contributed by atoms with Crippen molar-refractivity contribution in [1.82, 2.24) is 9.80 Å². The van der Waals surface area contributed by atoms with E-state index < -0.39 is 29.6 Å². The molecule has 0 aromatic heterocycles. The van der Waals surface area contributed by atoms with E-state index in [0.717, 1.165) is 5.75 Å². The number of likely N-dealkylation sites (tertiary alicyclic amines) is 1. The van der Waals surface area contributed by atoms with Crippen LogP contribution < -0.4 is 9.64 Å². The zero-order valence-corrected chi connectivity index (χ0v) is 21.6. The van der Waals surface area contributed by atoms with Crippen molar-refractivity contribution in [3.05, 3.63) is 48.6 Å². The molecule has 0 aliphatic carbocycles. The van der Waals surface area contributed by atoms with Crippen LogP contribution in [-0.4, -0.2) is 89.3 Å². The van der Waals surface area contributed by atoms with Crippen LogP contribution in [0, 0.1) is 11.8 Å². The van der Waals surface area contributed by atoms with Crippen molar-refractivity contribution in [1.29, 1.82) is 0 Å². The van der Waals surface area contributed by atoms with Gasteiger partial charge in [0, 0.05) is 38.0 Å². The predicted octanol–water partition coefficient (Wildman–Crippen LogP) is 1.76. The number of benzene rings is 1. The van der Waals surface area contributed by atoms with E-state index in [1.807, 2.05) is 69.3 Å². The highest BCUT2D eigenvalue weighted by Crippen LogP contribution is 2.53. The number of fused-ring (bicyclic) bond motifs is 2. The van der Waals surface area contributed by atoms with Gasteiger partial charge in [0.2, 0.25) is 17.7 Å². The van der Waals surface area contributed by atoms with Gasteiger partial charge >= 0.3 is 0 Å². The van der Waals surface area contributed by atoms with Crippen molar-refractivity contribution in [2.24, 2.45) is 11.8 Å². The number of hydrogen-bond acceptors (Lipinski definition) is 6. The molecular formula is C28H35N3O6. The van der Waals surface area contributed by atoms with Crippen molar-refractivity contribution in [2.75, 3.05) is 37.7 Å². The predicted molar refractivity (Wildman–Crippen MR) is 137 cm³/mol. The molecule has 5 atom stereocenters. The number of rotatable bonds is 7. The molecule has 0 bridgehead atoms. The Morgan fingerprint density at radius 3 is 2.51 bits per heavy atom. The summed E-state index contributed by atoms with van der Waals surface area (Å²) in [5.74, 6) is -1.57. The molecule has 1 unspecified atom stereocenters.